The number of hydrogen-bond acceptors (Lipinski definition) is 3. The maximum absolute atomic E-state index is 12.0. The van der Waals surface area contributed by atoms with Crippen molar-refractivity contribution in [2.24, 2.45) is 0 Å². The Morgan fingerprint density at radius 2 is 2.21 bits per heavy atom. The average Bonchev–Trinajstić information content (AvgIpc) is 2.36. The van der Waals surface area contributed by atoms with Crippen LogP contribution in [0.25, 0.3) is 0 Å². The number of unbranched alkanes of at least 4 members (excludes halogenated alkanes) is 1. The second kappa shape index (κ2) is 5.92. The number of nitrogen functional groups attached to an aromatic ring is 1. The molecule has 0 heterocycles. The van der Waals surface area contributed by atoms with Crippen molar-refractivity contribution in [1.82, 2.24) is 4.72 Å². The van der Waals surface area contributed by atoms with Crippen LogP contribution in [0.1, 0.15) is 49.8 Å². The van der Waals surface area contributed by atoms with Gasteiger partial charge in [-0.2, -0.15) is 0 Å². The molecule has 0 spiro atoms. The van der Waals surface area contributed by atoms with Crippen LogP contribution in [0.5, 0.6) is 0 Å². The predicted molar refractivity (Wildman–Crippen MR) is 78.4 cm³/mol. The summed E-state index contributed by atoms with van der Waals surface area (Å²) in [4.78, 5) is 0. The fourth-order valence-electron chi connectivity index (χ4n) is 2.57. The number of nitrogens with two attached hydrogens (primary N) is 1. The van der Waals surface area contributed by atoms with Crippen LogP contribution in [0.2, 0.25) is 0 Å². The van der Waals surface area contributed by atoms with Gasteiger partial charge in [0.25, 0.3) is 0 Å². The molecule has 19 heavy (non-hydrogen) atoms. The van der Waals surface area contributed by atoms with Crippen LogP contribution in [0.4, 0.5) is 5.69 Å². The lowest BCUT2D eigenvalue weighted by atomic mass is 9.88. The molecule has 5 heteroatoms. The van der Waals surface area contributed by atoms with Gasteiger partial charge in [-0.25, -0.2) is 13.1 Å². The highest BCUT2D eigenvalue weighted by Gasteiger charge is 2.24. The van der Waals surface area contributed by atoms with Crippen LogP contribution in [0.3, 0.4) is 0 Å². The van der Waals surface area contributed by atoms with E-state index >= 15 is 0 Å². The molecule has 0 aromatic heterocycles. The Labute approximate surface area is 115 Å². The molecule has 1 atom stereocenters. The minimum absolute atomic E-state index is 0.0915. The summed E-state index contributed by atoms with van der Waals surface area (Å²) in [6, 6.07) is 5.67. The van der Waals surface area contributed by atoms with Gasteiger partial charge in [-0.05, 0) is 48.9 Å². The van der Waals surface area contributed by atoms with E-state index in [9.17, 15) is 8.42 Å². The van der Waals surface area contributed by atoms with Crippen molar-refractivity contribution in [3.8, 4) is 0 Å². The van der Waals surface area contributed by atoms with Gasteiger partial charge >= 0.3 is 0 Å². The van der Waals surface area contributed by atoms with Crippen LogP contribution in [0, 0.1) is 0 Å². The van der Waals surface area contributed by atoms with E-state index in [4.69, 9.17) is 5.73 Å². The van der Waals surface area contributed by atoms with E-state index in [1.165, 1.54) is 5.56 Å². The maximum Gasteiger partial charge on any atom is 0.212 e. The van der Waals surface area contributed by atoms with E-state index in [0.717, 1.165) is 36.9 Å². The van der Waals surface area contributed by atoms with Gasteiger partial charge in [0.1, 0.15) is 0 Å². The standard InChI is InChI=1S/C14H22N2O2S/c1-2-3-9-19(17,18)16-14-6-4-5-11-10-12(15)7-8-13(11)14/h7-8,10,14,16H,2-6,9,15H2,1H3. The first-order valence-corrected chi connectivity index (χ1v) is 8.55. The molecule has 0 radical (unpaired) electrons. The Morgan fingerprint density at radius 3 is 2.95 bits per heavy atom. The minimum Gasteiger partial charge on any atom is -0.399 e. The summed E-state index contributed by atoms with van der Waals surface area (Å²) < 4.78 is 26.8. The summed E-state index contributed by atoms with van der Waals surface area (Å²) >= 11 is 0. The Bertz CT molecular complexity index is 540. The van der Waals surface area contributed by atoms with Crippen LogP contribution in [0.15, 0.2) is 18.2 Å². The first-order chi connectivity index (χ1) is 9.02. The first-order valence-electron chi connectivity index (χ1n) is 6.90. The molecule has 1 unspecified atom stereocenters. The predicted octanol–water partition coefficient (Wildman–Crippen LogP) is 2.37. The van der Waals surface area contributed by atoms with Crippen molar-refractivity contribution in [3.05, 3.63) is 29.3 Å². The Morgan fingerprint density at radius 1 is 1.42 bits per heavy atom. The van der Waals surface area contributed by atoms with Crippen LogP contribution in [-0.4, -0.2) is 14.2 Å². The monoisotopic (exact) mass is 282 g/mol. The molecule has 0 saturated carbocycles. The van der Waals surface area contributed by atoms with Crippen molar-refractivity contribution in [3.63, 3.8) is 0 Å². The van der Waals surface area contributed by atoms with E-state index in [-0.39, 0.29) is 11.8 Å². The number of fused-ring (bicyclic) bond motifs is 1. The van der Waals surface area contributed by atoms with Gasteiger partial charge in [0.15, 0.2) is 0 Å². The van der Waals surface area contributed by atoms with E-state index < -0.39 is 10.0 Å². The zero-order valence-corrected chi connectivity index (χ0v) is 12.2. The summed E-state index contributed by atoms with van der Waals surface area (Å²) in [5.74, 6) is 0.213. The van der Waals surface area contributed by atoms with E-state index in [1.54, 1.807) is 0 Å². The topological polar surface area (TPSA) is 72.2 Å². The fraction of sp³-hybridized carbons (Fsp3) is 0.571. The molecule has 1 aromatic carbocycles. The summed E-state index contributed by atoms with van der Waals surface area (Å²) in [5.41, 5.74) is 8.78. The largest absolute Gasteiger partial charge is 0.399 e. The average molecular weight is 282 g/mol. The Hall–Kier alpha value is -1.07. The molecule has 2 rings (SSSR count). The third-order valence-corrected chi connectivity index (χ3v) is 5.04. The van der Waals surface area contributed by atoms with Crippen LogP contribution in [-0.2, 0) is 16.4 Å². The van der Waals surface area contributed by atoms with Gasteiger partial charge in [0.05, 0.1) is 5.75 Å². The lowest BCUT2D eigenvalue weighted by molar-refractivity contribution is 0.506. The molecule has 1 aliphatic rings. The van der Waals surface area contributed by atoms with Crippen LogP contribution < -0.4 is 10.5 Å². The molecule has 0 fully saturated rings. The van der Waals surface area contributed by atoms with Crippen molar-refractivity contribution < 1.29 is 8.42 Å². The molecule has 4 nitrogen and oxygen atoms in total. The summed E-state index contributed by atoms with van der Waals surface area (Å²) in [7, 11) is -3.18. The van der Waals surface area contributed by atoms with E-state index in [2.05, 4.69) is 4.72 Å². The van der Waals surface area contributed by atoms with Gasteiger partial charge in [-0.3, -0.25) is 0 Å². The Balaban J connectivity index is 2.16. The van der Waals surface area contributed by atoms with Gasteiger partial charge in [-0.15, -0.1) is 0 Å². The molecule has 0 saturated heterocycles. The highest BCUT2D eigenvalue weighted by molar-refractivity contribution is 7.89. The van der Waals surface area contributed by atoms with E-state index in [0.29, 0.717) is 6.42 Å². The lowest BCUT2D eigenvalue weighted by Crippen LogP contribution is -2.32. The summed E-state index contributed by atoms with van der Waals surface area (Å²) in [5, 5.41) is 0. The molecular weight excluding hydrogens is 260 g/mol. The molecule has 106 valence electrons. The van der Waals surface area contributed by atoms with Crippen LogP contribution >= 0.6 is 0 Å². The molecule has 3 N–H and O–H groups in total. The molecule has 0 aliphatic heterocycles. The number of nitrogens with one attached hydrogen (secondary N) is 1. The number of sulfonamides is 1. The normalized spacial score (nSPS) is 19.1. The minimum atomic E-state index is -3.18. The molecule has 1 aliphatic carbocycles. The van der Waals surface area contributed by atoms with Crippen molar-refractivity contribution in [2.45, 2.75) is 45.1 Å². The fourth-order valence-corrected chi connectivity index (χ4v) is 4.03. The quantitative estimate of drug-likeness (QED) is 0.814. The molecular formula is C14H22N2O2S. The zero-order valence-electron chi connectivity index (χ0n) is 11.4. The highest BCUT2D eigenvalue weighted by Crippen LogP contribution is 2.31. The van der Waals surface area contributed by atoms with Gasteiger partial charge in [0, 0.05) is 11.7 Å². The van der Waals surface area contributed by atoms with Gasteiger partial charge in [0.2, 0.25) is 10.0 Å². The lowest BCUT2D eigenvalue weighted by Gasteiger charge is -2.26. The number of anilines is 1. The number of aryl methyl sites for hydroxylation is 1. The second-order valence-electron chi connectivity index (χ2n) is 5.19. The molecule has 0 amide bonds. The Kier molecular flexibility index (Phi) is 4.47. The van der Waals surface area contributed by atoms with Crippen molar-refractivity contribution >= 4 is 15.7 Å². The molecule has 0 bridgehead atoms. The SMILES string of the molecule is CCCCS(=O)(=O)NC1CCCc2cc(N)ccc21. The summed E-state index contributed by atoms with van der Waals surface area (Å²) in [6.07, 6.45) is 4.43. The highest BCUT2D eigenvalue weighted by atomic mass is 32.2. The maximum atomic E-state index is 12.0. The second-order valence-corrected chi connectivity index (χ2v) is 7.07. The van der Waals surface area contributed by atoms with Crippen molar-refractivity contribution in [1.29, 1.82) is 0 Å². The van der Waals surface area contributed by atoms with Gasteiger partial charge in [-0.1, -0.05) is 19.4 Å². The number of rotatable bonds is 5. The third kappa shape index (κ3) is 3.70. The van der Waals surface area contributed by atoms with Crippen molar-refractivity contribution in [2.75, 3.05) is 11.5 Å². The smallest absolute Gasteiger partial charge is 0.212 e. The van der Waals surface area contributed by atoms with E-state index in [1.807, 2.05) is 25.1 Å². The number of benzene rings is 1. The summed E-state index contributed by atoms with van der Waals surface area (Å²) in [6.45, 7) is 1.99. The zero-order chi connectivity index (χ0) is 13.9. The number of hydrogen-bond donors (Lipinski definition) is 2. The third-order valence-electron chi connectivity index (χ3n) is 3.57. The first kappa shape index (κ1) is 14.3. The molecule has 1 aromatic rings. The van der Waals surface area contributed by atoms with Gasteiger partial charge < -0.3 is 5.73 Å².